The van der Waals surface area contributed by atoms with Crippen LogP contribution in [0.3, 0.4) is 0 Å². The first kappa shape index (κ1) is 18.3. The summed E-state index contributed by atoms with van der Waals surface area (Å²) < 4.78 is 0. The molecule has 0 bridgehead atoms. The predicted octanol–water partition coefficient (Wildman–Crippen LogP) is 4.38. The number of rotatable bonds is 6. The van der Waals surface area contributed by atoms with Gasteiger partial charge in [-0.2, -0.15) is 0 Å². The van der Waals surface area contributed by atoms with Crippen molar-refractivity contribution in [1.29, 1.82) is 0 Å². The van der Waals surface area contributed by atoms with E-state index in [0.717, 1.165) is 37.3 Å². The van der Waals surface area contributed by atoms with Crippen LogP contribution >= 0.6 is 23.2 Å². The molecule has 1 amide bonds. The van der Waals surface area contributed by atoms with Gasteiger partial charge in [-0.15, -0.1) is 0 Å². The molecule has 1 aromatic rings. The van der Waals surface area contributed by atoms with Crippen LogP contribution in [0.5, 0.6) is 0 Å². The van der Waals surface area contributed by atoms with Crippen molar-refractivity contribution >= 4 is 29.1 Å². The van der Waals surface area contributed by atoms with Crippen molar-refractivity contribution in [3.05, 3.63) is 45.5 Å². The van der Waals surface area contributed by atoms with Gasteiger partial charge in [-0.3, -0.25) is 4.79 Å². The third-order valence-electron chi connectivity index (χ3n) is 3.97. The SMILES string of the molecule is CC(C)=CC(=O)N(CCN1CCCC1)Cc1ccc(Cl)c(Cl)c1. The summed E-state index contributed by atoms with van der Waals surface area (Å²) in [5.74, 6) is 0.0512. The fourth-order valence-electron chi connectivity index (χ4n) is 2.73. The van der Waals surface area contributed by atoms with Crippen molar-refractivity contribution in [2.45, 2.75) is 33.2 Å². The number of carbonyl (C=O) groups excluding carboxylic acids is 1. The smallest absolute Gasteiger partial charge is 0.246 e. The van der Waals surface area contributed by atoms with E-state index in [-0.39, 0.29) is 5.91 Å². The minimum atomic E-state index is 0.0512. The van der Waals surface area contributed by atoms with Crippen molar-refractivity contribution in [3.63, 3.8) is 0 Å². The molecule has 1 fully saturated rings. The topological polar surface area (TPSA) is 23.6 Å². The Morgan fingerprint density at radius 3 is 2.52 bits per heavy atom. The van der Waals surface area contributed by atoms with Gasteiger partial charge in [0, 0.05) is 25.7 Å². The van der Waals surface area contributed by atoms with E-state index in [2.05, 4.69) is 4.90 Å². The number of benzene rings is 1. The minimum Gasteiger partial charge on any atom is -0.334 e. The summed E-state index contributed by atoms with van der Waals surface area (Å²) in [7, 11) is 0. The quantitative estimate of drug-likeness (QED) is 0.707. The Balaban J connectivity index is 2.06. The van der Waals surface area contributed by atoms with E-state index in [9.17, 15) is 4.79 Å². The average molecular weight is 355 g/mol. The fourth-order valence-corrected chi connectivity index (χ4v) is 3.05. The first-order valence-electron chi connectivity index (χ1n) is 8.06. The van der Waals surface area contributed by atoms with Gasteiger partial charge in [0.2, 0.25) is 5.91 Å². The number of allylic oxidation sites excluding steroid dienone is 1. The Morgan fingerprint density at radius 1 is 1.22 bits per heavy atom. The van der Waals surface area contributed by atoms with Crippen molar-refractivity contribution < 1.29 is 4.79 Å². The highest BCUT2D eigenvalue weighted by Gasteiger charge is 2.16. The van der Waals surface area contributed by atoms with E-state index >= 15 is 0 Å². The molecule has 5 heteroatoms. The number of carbonyl (C=O) groups is 1. The third-order valence-corrected chi connectivity index (χ3v) is 4.71. The van der Waals surface area contributed by atoms with Crippen molar-refractivity contribution in [1.82, 2.24) is 9.80 Å². The monoisotopic (exact) mass is 354 g/mol. The van der Waals surface area contributed by atoms with E-state index in [1.54, 1.807) is 12.1 Å². The molecule has 3 nitrogen and oxygen atoms in total. The molecular weight excluding hydrogens is 331 g/mol. The van der Waals surface area contributed by atoms with Crippen molar-refractivity contribution in [2.75, 3.05) is 26.2 Å². The highest BCUT2D eigenvalue weighted by Crippen LogP contribution is 2.23. The van der Waals surface area contributed by atoms with Gasteiger partial charge < -0.3 is 9.80 Å². The van der Waals surface area contributed by atoms with Gasteiger partial charge in [0.1, 0.15) is 0 Å². The highest BCUT2D eigenvalue weighted by molar-refractivity contribution is 6.42. The molecule has 2 rings (SSSR count). The molecule has 23 heavy (non-hydrogen) atoms. The lowest BCUT2D eigenvalue weighted by Crippen LogP contribution is -2.36. The maximum atomic E-state index is 12.5. The molecule has 0 atom stereocenters. The van der Waals surface area contributed by atoms with Crippen LogP contribution in [0.2, 0.25) is 10.0 Å². The molecule has 1 heterocycles. The van der Waals surface area contributed by atoms with Crippen LogP contribution in [0.1, 0.15) is 32.3 Å². The molecule has 0 aliphatic carbocycles. The maximum Gasteiger partial charge on any atom is 0.246 e. The van der Waals surface area contributed by atoms with Crippen LogP contribution in [0.15, 0.2) is 29.8 Å². The second kappa shape index (κ2) is 8.72. The zero-order valence-electron chi connectivity index (χ0n) is 13.8. The lowest BCUT2D eigenvalue weighted by molar-refractivity contribution is -0.126. The lowest BCUT2D eigenvalue weighted by atomic mass is 10.2. The molecular formula is C18H24Cl2N2O. The molecule has 0 radical (unpaired) electrons. The molecule has 1 aliphatic rings. The second-order valence-corrected chi connectivity index (χ2v) is 7.09. The summed E-state index contributed by atoms with van der Waals surface area (Å²) in [5, 5.41) is 1.06. The van der Waals surface area contributed by atoms with Crippen LogP contribution in [0, 0.1) is 0 Å². The van der Waals surface area contributed by atoms with E-state index in [1.165, 1.54) is 12.8 Å². The second-order valence-electron chi connectivity index (χ2n) is 6.28. The summed E-state index contributed by atoms with van der Waals surface area (Å²) in [5.41, 5.74) is 2.01. The summed E-state index contributed by atoms with van der Waals surface area (Å²) >= 11 is 12.1. The highest BCUT2D eigenvalue weighted by atomic mass is 35.5. The number of amides is 1. The van der Waals surface area contributed by atoms with Crippen LogP contribution in [0.25, 0.3) is 0 Å². The number of hydrogen-bond acceptors (Lipinski definition) is 2. The molecule has 0 aromatic heterocycles. The summed E-state index contributed by atoms with van der Waals surface area (Å²) in [6.45, 7) is 8.35. The van der Waals surface area contributed by atoms with E-state index in [1.807, 2.05) is 30.9 Å². The average Bonchev–Trinajstić information content (AvgIpc) is 2.99. The molecule has 1 aliphatic heterocycles. The number of hydrogen-bond donors (Lipinski definition) is 0. The largest absolute Gasteiger partial charge is 0.334 e. The maximum absolute atomic E-state index is 12.5. The first-order valence-corrected chi connectivity index (χ1v) is 8.81. The van der Waals surface area contributed by atoms with Gasteiger partial charge in [0.05, 0.1) is 10.0 Å². The molecule has 126 valence electrons. The van der Waals surface area contributed by atoms with Crippen LogP contribution in [-0.4, -0.2) is 41.9 Å². The standard InChI is InChI=1S/C18H24Cl2N2O/c1-14(2)11-18(23)22(10-9-21-7-3-4-8-21)13-15-5-6-16(19)17(20)12-15/h5-6,11-12H,3-4,7-10,13H2,1-2H3. The zero-order valence-corrected chi connectivity index (χ0v) is 15.3. The van der Waals surface area contributed by atoms with E-state index in [4.69, 9.17) is 23.2 Å². The third kappa shape index (κ3) is 5.83. The minimum absolute atomic E-state index is 0.0512. The lowest BCUT2D eigenvalue weighted by Gasteiger charge is -2.25. The number of halogens is 2. The Morgan fingerprint density at radius 2 is 1.91 bits per heavy atom. The van der Waals surface area contributed by atoms with E-state index in [0.29, 0.717) is 16.6 Å². The molecule has 0 saturated carbocycles. The number of nitrogens with zero attached hydrogens (tertiary/aromatic N) is 2. The van der Waals surface area contributed by atoms with Crippen molar-refractivity contribution in [3.8, 4) is 0 Å². The Hall–Kier alpha value is -1.03. The van der Waals surface area contributed by atoms with E-state index < -0.39 is 0 Å². The summed E-state index contributed by atoms with van der Waals surface area (Å²) in [6, 6.07) is 5.54. The normalized spacial score (nSPS) is 14.8. The molecule has 0 N–H and O–H groups in total. The first-order chi connectivity index (χ1) is 11.0. The molecule has 0 unspecified atom stereocenters. The zero-order chi connectivity index (χ0) is 16.8. The number of likely N-dealkylation sites (tertiary alicyclic amines) is 1. The molecule has 1 aromatic carbocycles. The van der Waals surface area contributed by atoms with Gasteiger partial charge in [-0.05, 0) is 57.5 Å². The predicted molar refractivity (Wildman–Crippen MR) is 97.0 cm³/mol. The fraction of sp³-hybridized carbons (Fsp3) is 0.500. The van der Waals surface area contributed by atoms with Gasteiger partial charge in [0.15, 0.2) is 0 Å². The van der Waals surface area contributed by atoms with Crippen molar-refractivity contribution in [2.24, 2.45) is 0 Å². The van der Waals surface area contributed by atoms with Crippen LogP contribution in [0.4, 0.5) is 0 Å². The van der Waals surface area contributed by atoms with Gasteiger partial charge in [-0.1, -0.05) is 34.8 Å². The Labute approximate surface area is 148 Å². The molecule has 0 spiro atoms. The summed E-state index contributed by atoms with van der Waals surface area (Å²) in [6.07, 6.45) is 4.21. The Kier molecular flexibility index (Phi) is 6.94. The van der Waals surface area contributed by atoms with Gasteiger partial charge >= 0.3 is 0 Å². The van der Waals surface area contributed by atoms with Crippen LogP contribution < -0.4 is 0 Å². The van der Waals surface area contributed by atoms with Gasteiger partial charge in [0.25, 0.3) is 0 Å². The summed E-state index contributed by atoms with van der Waals surface area (Å²) in [4.78, 5) is 16.8. The van der Waals surface area contributed by atoms with Crippen LogP contribution in [-0.2, 0) is 11.3 Å². The van der Waals surface area contributed by atoms with Gasteiger partial charge in [-0.25, -0.2) is 0 Å². The molecule has 1 saturated heterocycles. The Bertz CT molecular complexity index is 576.